The summed E-state index contributed by atoms with van der Waals surface area (Å²) < 4.78 is 13.3. The van der Waals surface area contributed by atoms with Gasteiger partial charge in [0.1, 0.15) is 5.82 Å². The summed E-state index contributed by atoms with van der Waals surface area (Å²) in [5.41, 5.74) is 1.01. The zero-order valence-electron chi connectivity index (χ0n) is 12.1. The normalized spacial score (nSPS) is 32.9. The molecule has 114 valence electrons. The van der Waals surface area contributed by atoms with Gasteiger partial charge in [-0.05, 0) is 43.5 Å². The van der Waals surface area contributed by atoms with Gasteiger partial charge < -0.3 is 4.90 Å². The average Bonchev–Trinajstić information content (AvgIpc) is 2.95. The van der Waals surface area contributed by atoms with E-state index in [2.05, 4.69) is 20.0 Å². The zero-order valence-corrected chi connectivity index (χ0v) is 12.1. The van der Waals surface area contributed by atoms with Crippen LogP contribution in [0.2, 0.25) is 0 Å². The van der Waals surface area contributed by atoms with Gasteiger partial charge in [0.2, 0.25) is 0 Å². The Morgan fingerprint density at radius 3 is 3.18 bits per heavy atom. The maximum atomic E-state index is 13.3. The van der Waals surface area contributed by atoms with E-state index in [1.165, 1.54) is 25.1 Å². The molecule has 4 atom stereocenters. The van der Waals surface area contributed by atoms with E-state index in [0.29, 0.717) is 34.6 Å². The van der Waals surface area contributed by atoms with Gasteiger partial charge in [0.05, 0.1) is 5.52 Å². The van der Waals surface area contributed by atoms with Gasteiger partial charge in [0.15, 0.2) is 5.69 Å². The van der Waals surface area contributed by atoms with Crippen LogP contribution in [0.3, 0.4) is 0 Å². The summed E-state index contributed by atoms with van der Waals surface area (Å²) in [5, 5.41) is 7.67. The maximum absolute atomic E-state index is 13.3. The molecule has 3 aliphatic rings. The van der Waals surface area contributed by atoms with Crippen molar-refractivity contribution in [3.05, 3.63) is 29.7 Å². The first-order chi connectivity index (χ1) is 10.7. The van der Waals surface area contributed by atoms with Gasteiger partial charge in [-0.25, -0.2) is 4.39 Å². The minimum absolute atomic E-state index is 0.00286. The molecular weight excluding hydrogens is 283 g/mol. The number of aromatic amines is 1. The molecule has 5 rings (SSSR count). The Kier molecular flexibility index (Phi) is 2.45. The van der Waals surface area contributed by atoms with E-state index in [1.807, 2.05) is 0 Å². The fraction of sp³-hybridized carbons (Fsp3) is 0.500. The number of piperidine rings is 1. The van der Waals surface area contributed by atoms with Crippen LogP contribution in [0, 0.1) is 11.7 Å². The van der Waals surface area contributed by atoms with Gasteiger partial charge in [-0.1, -0.05) is 0 Å². The van der Waals surface area contributed by atoms with E-state index in [9.17, 15) is 9.18 Å². The molecule has 0 radical (unpaired) electrons. The number of aromatic nitrogens is 2. The topological polar surface area (TPSA) is 52.2 Å². The molecule has 2 aromatic rings. The highest BCUT2D eigenvalue weighted by Crippen LogP contribution is 2.41. The molecule has 4 heterocycles. The average molecular weight is 300 g/mol. The number of amides is 1. The van der Waals surface area contributed by atoms with Crippen LogP contribution in [-0.4, -0.2) is 57.6 Å². The number of benzene rings is 1. The van der Waals surface area contributed by atoms with Gasteiger partial charge in [-0.3, -0.25) is 14.8 Å². The molecule has 5 nitrogen and oxygen atoms in total. The van der Waals surface area contributed by atoms with Crippen LogP contribution in [0.25, 0.3) is 10.9 Å². The Bertz CT molecular complexity index is 769. The molecule has 1 N–H and O–H groups in total. The highest BCUT2D eigenvalue weighted by atomic mass is 19.1. The van der Waals surface area contributed by atoms with E-state index < -0.39 is 0 Å². The summed E-state index contributed by atoms with van der Waals surface area (Å²) in [6.07, 6.45) is 2.31. The van der Waals surface area contributed by atoms with Crippen molar-refractivity contribution in [3.63, 3.8) is 0 Å². The van der Waals surface area contributed by atoms with Crippen LogP contribution < -0.4 is 0 Å². The Labute approximate surface area is 127 Å². The zero-order chi connectivity index (χ0) is 14.8. The monoisotopic (exact) mass is 300 g/mol. The maximum Gasteiger partial charge on any atom is 0.275 e. The van der Waals surface area contributed by atoms with E-state index in [0.717, 1.165) is 19.5 Å². The number of carbonyl (C=O) groups is 1. The lowest BCUT2D eigenvalue weighted by Gasteiger charge is -2.44. The van der Waals surface area contributed by atoms with E-state index in [4.69, 9.17) is 0 Å². The van der Waals surface area contributed by atoms with Crippen molar-refractivity contribution in [2.75, 3.05) is 19.6 Å². The molecule has 1 aromatic heterocycles. The smallest absolute Gasteiger partial charge is 0.275 e. The molecule has 6 heteroatoms. The number of halogens is 1. The van der Waals surface area contributed by atoms with Gasteiger partial charge in [-0.2, -0.15) is 5.10 Å². The summed E-state index contributed by atoms with van der Waals surface area (Å²) in [6.45, 7) is 3.14. The molecule has 1 aromatic carbocycles. The second kappa shape index (κ2) is 4.29. The molecule has 3 saturated heterocycles. The number of hydrogen-bond acceptors (Lipinski definition) is 3. The number of nitrogens with one attached hydrogen (secondary N) is 1. The van der Waals surface area contributed by atoms with E-state index in [1.54, 1.807) is 6.07 Å². The third kappa shape index (κ3) is 1.61. The largest absolute Gasteiger partial charge is 0.328 e. The number of carbonyl (C=O) groups excluding carboxylic acids is 1. The van der Waals surface area contributed by atoms with Crippen LogP contribution in [0.15, 0.2) is 18.2 Å². The van der Waals surface area contributed by atoms with Crippen molar-refractivity contribution in [2.24, 2.45) is 5.92 Å². The van der Waals surface area contributed by atoms with Crippen LogP contribution in [0.5, 0.6) is 0 Å². The van der Waals surface area contributed by atoms with Crippen LogP contribution >= 0.6 is 0 Å². The standard InChI is InChI=1S/C16H17FN4O/c17-10-1-2-12-13(6-10)18-19-15(12)16(22)21-11-5-9-3-4-20(7-11)8-14(9)21/h1-2,6,9,11,14H,3-5,7-8H2,(H,18,19)/t9-,11?,14-/m1/s1. The molecule has 0 aliphatic carbocycles. The lowest BCUT2D eigenvalue weighted by molar-refractivity contribution is 0.0258. The lowest BCUT2D eigenvalue weighted by atomic mass is 9.93. The van der Waals surface area contributed by atoms with Crippen molar-refractivity contribution in [2.45, 2.75) is 24.9 Å². The Morgan fingerprint density at radius 2 is 2.27 bits per heavy atom. The highest BCUT2D eigenvalue weighted by molar-refractivity contribution is 6.05. The predicted octanol–water partition coefficient (Wildman–Crippen LogP) is 1.62. The molecule has 1 unspecified atom stereocenters. The Morgan fingerprint density at radius 1 is 1.36 bits per heavy atom. The molecule has 3 aliphatic heterocycles. The van der Waals surface area contributed by atoms with Crippen molar-refractivity contribution in [1.82, 2.24) is 20.0 Å². The minimum atomic E-state index is -0.321. The number of piperazine rings is 1. The minimum Gasteiger partial charge on any atom is -0.328 e. The first-order valence-corrected chi connectivity index (χ1v) is 7.89. The van der Waals surface area contributed by atoms with Crippen molar-refractivity contribution in [1.29, 1.82) is 0 Å². The van der Waals surface area contributed by atoms with Crippen molar-refractivity contribution >= 4 is 16.8 Å². The SMILES string of the molecule is O=C(c1n[nH]c2cc(F)ccc12)N1C2C[C@H]3CC[N@@](C2)C[C@H]31. The van der Waals surface area contributed by atoms with Crippen molar-refractivity contribution < 1.29 is 9.18 Å². The summed E-state index contributed by atoms with van der Waals surface area (Å²) in [7, 11) is 0. The van der Waals surface area contributed by atoms with E-state index >= 15 is 0 Å². The fourth-order valence-corrected chi connectivity index (χ4v) is 4.59. The van der Waals surface area contributed by atoms with Gasteiger partial charge >= 0.3 is 0 Å². The first kappa shape index (κ1) is 12.6. The summed E-state index contributed by atoms with van der Waals surface area (Å²) in [4.78, 5) is 17.6. The van der Waals surface area contributed by atoms with Gasteiger partial charge in [-0.15, -0.1) is 0 Å². The summed E-state index contributed by atoms with van der Waals surface area (Å²) in [6, 6.07) is 5.05. The summed E-state index contributed by atoms with van der Waals surface area (Å²) >= 11 is 0. The molecule has 3 fully saturated rings. The lowest BCUT2D eigenvalue weighted by Crippen LogP contribution is -2.58. The summed E-state index contributed by atoms with van der Waals surface area (Å²) in [5.74, 6) is 0.311. The van der Waals surface area contributed by atoms with Gasteiger partial charge in [0, 0.05) is 30.6 Å². The number of nitrogens with zero attached hydrogens (tertiary/aromatic N) is 3. The van der Waals surface area contributed by atoms with Crippen LogP contribution in [0.1, 0.15) is 23.3 Å². The van der Waals surface area contributed by atoms with Crippen molar-refractivity contribution in [3.8, 4) is 0 Å². The van der Waals surface area contributed by atoms with Crippen LogP contribution in [-0.2, 0) is 0 Å². The highest BCUT2D eigenvalue weighted by Gasteiger charge is 2.51. The molecule has 1 amide bonds. The Balaban J connectivity index is 1.54. The predicted molar refractivity (Wildman–Crippen MR) is 79.0 cm³/mol. The second-order valence-electron chi connectivity index (χ2n) is 6.74. The third-order valence-corrected chi connectivity index (χ3v) is 5.56. The fourth-order valence-electron chi connectivity index (χ4n) is 4.59. The second-order valence-corrected chi connectivity index (χ2v) is 6.74. The Hall–Kier alpha value is -1.95. The molecular formula is C16H17FN4O. The first-order valence-electron chi connectivity index (χ1n) is 7.89. The number of fused-ring (bicyclic) bond motifs is 3. The molecule has 22 heavy (non-hydrogen) atoms. The quantitative estimate of drug-likeness (QED) is 0.871. The molecule has 0 spiro atoms. The number of hydrogen-bond donors (Lipinski definition) is 1. The van der Waals surface area contributed by atoms with Gasteiger partial charge in [0.25, 0.3) is 5.91 Å². The molecule has 3 bridgehead atoms. The number of rotatable bonds is 1. The van der Waals surface area contributed by atoms with Crippen LogP contribution in [0.4, 0.5) is 4.39 Å². The van der Waals surface area contributed by atoms with E-state index in [-0.39, 0.29) is 11.7 Å². The number of H-pyrrole nitrogens is 1. The third-order valence-electron chi connectivity index (χ3n) is 5.56. The molecule has 0 saturated carbocycles.